The summed E-state index contributed by atoms with van der Waals surface area (Å²) in [6.07, 6.45) is 2.64. The van der Waals surface area contributed by atoms with E-state index in [1.165, 1.54) is 39.5 Å². The van der Waals surface area contributed by atoms with Crippen molar-refractivity contribution in [2.75, 3.05) is 26.6 Å². The van der Waals surface area contributed by atoms with Gasteiger partial charge in [-0.15, -0.1) is 0 Å². The first-order valence-corrected chi connectivity index (χ1v) is 8.02. The maximum atomic E-state index is 13.7. The van der Waals surface area contributed by atoms with E-state index in [0.717, 1.165) is 4.47 Å². The lowest BCUT2D eigenvalue weighted by Gasteiger charge is -2.14. The van der Waals surface area contributed by atoms with Crippen molar-refractivity contribution < 1.29 is 23.4 Å². The minimum atomic E-state index is -0.423. The second-order valence-corrected chi connectivity index (χ2v) is 5.82. The highest BCUT2D eigenvalue weighted by Crippen LogP contribution is 2.39. The average Bonchev–Trinajstić information content (AvgIpc) is 2.61. The fraction of sp³-hybridized carbons (Fsp3) is 0.167. The lowest BCUT2D eigenvalue weighted by atomic mass is 10.2. The topological polar surface area (TPSA) is 56.8 Å². The molecule has 0 spiro atoms. The Morgan fingerprint density at radius 2 is 1.72 bits per heavy atom. The number of rotatable bonds is 6. The van der Waals surface area contributed by atoms with Crippen LogP contribution >= 0.6 is 15.9 Å². The number of halogens is 2. The van der Waals surface area contributed by atoms with E-state index in [9.17, 15) is 9.18 Å². The van der Waals surface area contributed by atoms with E-state index in [-0.39, 0.29) is 0 Å². The first-order chi connectivity index (χ1) is 12.0. The summed E-state index contributed by atoms with van der Waals surface area (Å²) in [4.78, 5) is 12.1. The molecule has 1 N–H and O–H groups in total. The van der Waals surface area contributed by atoms with Gasteiger partial charge in [0.15, 0.2) is 11.5 Å². The van der Waals surface area contributed by atoms with Gasteiger partial charge in [0.1, 0.15) is 5.82 Å². The number of hydrogen-bond acceptors (Lipinski definition) is 4. The molecule has 0 bridgehead atoms. The van der Waals surface area contributed by atoms with E-state index < -0.39 is 11.7 Å². The third-order valence-corrected chi connectivity index (χ3v) is 3.80. The number of hydrogen-bond donors (Lipinski definition) is 1. The zero-order chi connectivity index (χ0) is 18.4. The Morgan fingerprint density at radius 3 is 2.28 bits per heavy atom. The molecule has 0 heterocycles. The number of anilines is 1. The molecule has 0 aromatic heterocycles. The van der Waals surface area contributed by atoms with E-state index in [1.807, 2.05) is 0 Å². The van der Waals surface area contributed by atoms with Gasteiger partial charge >= 0.3 is 0 Å². The van der Waals surface area contributed by atoms with E-state index >= 15 is 0 Å². The number of ether oxygens (including phenoxy) is 3. The Morgan fingerprint density at radius 1 is 1.08 bits per heavy atom. The van der Waals surface area contributed by atoms with E-state index in [4.69, 9.17) is 14.2 Å². The molecule has 0 fully saturated rings. The predicted octanol–water partition coefficient (Wildman–Crippen LogP) is 4.27. The summed E-state index contributed by atoms with van der Waals surface area (Å²) in [6.45, 7) is 0. The molecule has 0 aliphatic carbocycles. The van der Waals surface area contributed by atoms with Gasteiger partial charge in [0, 0.05) is 33.9 Å². The quantitative estimate of drug-likeness (QED) is 0.723. The molecule has 0 saturated carbocycles. The second-order valence-electron chi connectivity index (χ2n) is 4.90. The van der Waals surface area contributed by atoms with Crippen LogP contribution in [0.3, 0.4) is 0 Å². The van der Waals surface area contributed by atoms with Crippen LogP contribution in [-0.4, -0.2) is 27.2 Å². The van der Waals surface area contributed by atoms with Crippen LogP contribution in [0.2, 0.25) is 0 Å². The average molecular weight is 410 g/mol. The molecule has 2 aromatic carbocycles. The number of carbonyl (C=O) groups is 1. The summed E-state index contributed by atoms with van der Waals surface area (Å²) in [7, 11) is 4.46. The van der Waals surface area contributed by atoms with Gasteiger partial charge in [-0.3, -0.25) is 4.79 Å². The molecule has 0 saturated heterocycles. The Hall–Kier alpha value is -2.54. The van der Waals surface area contributed by atoms with Crippen LogP contribution in [0.15, 0.2) is 40.9 Å². The zero-order valence-corrected chi connectivity index (χ0v) is 15.5. The van der Waals surface area contributed by atoms with Crippen LogP contribution in [0, 0.1) is 5.82 Å². The summed E-state index contributed by atoms with van der Waals surface area (Å²) >= 11 is 3.26. The van der Waals surface area contributed by atoms with Crippen molar-refractivity contribution in [3.05, 3.63) is 52.3 Å². The normalized spacial score (nSPS) is 10.6. The summed E-state index contributed by atoms with van der Waals surface area (Å²) in [6, 6.07) is 7.70. The summed E-state index contributed by atoms with van der Waals surface area (Å²) < 4.78 is 30.1. The van der Waals surface area contributed by atoms with Crippen molar-refractivity contribution >= 4 is 33.6 Å². The van der Waals surface area contributed by atoms with E-state index in [2.05, 4.69) is 21.2 Å². The van der Waals surface area contributed by atoms with Crippen LogP contribution in [0.4, 0.5) is 10.1 Å². The van der Waals surface area contributed by atoms with Gasteiger partial charge in [0.2, 0.25) is 11.7 Å². The fourth-order valence-corrected chi connectivity index (χ4v) is 2.52. The summed E-state index contributed by atoms with van der Waals surface area (Å²) in [5, 5.41) is 2.67. The van der Waals surface area contributed by atoms with Crippen LogP contribution < -0.4 is 19.5 Å². The van der Waals surface area contributed by atoms with Gasteiger partial charge in [0.25, 0.3) is 0 Å². The number of carbonyl (C=O) groups excluding carboxylic acids is 1. The van der Waals surface area contributed by atoms with Crippen LogP contribution in [0.25, 0.3) is 6.08 Å². The largest absolute Gasteiger partial charge is 0.493 e. The maximum absolute atomic E-state index is 13.7. The predicted molar refractivity (Wildman–Crippen MR) is 97.9 cm³/mol. The maximum Gasteiger partial charge on any atom is 0.248 e. The lowest BCUT2D eigenvalue weighted by Crippen LogP contribution is -2.08. The number of methoxy groups -OCH3 is 3. The Labute approximate surface area is 153 Å². The molecule has 0 aliphatic heterocycles. The Balaban J connectivity index is 2.20. The first-order valence-electron chi connectivity index (χ1n) is 7.22. The summed E-state index contributed by atoms with van der Waals surface area (Å²) in [5.74, 6) is 0.418. The molecule has 25 heavy (non-hydrogen) atoms. The number of benzene rings is 2. The molecule has 0 atom stereocenters. The molecule has 1 amide bonds. The SMILES string of the molecule is COc1cc(NC(=O)/C=C/c2cc(Br)ccc2F)cc(OC)c1OC. The smallest absolute Gasteiger partial charge is 0.248 e. The molecule has 0 radical (unpaired) electrons. The third-order valence-electron chi connectivity index (χ3n) is 3.30. The highest BCUT2D eigenvalue weighted by atomic mass is 79.9. The van der Waals surface area contributed by atoms with Gasteiger partial charge in [0.05, 0.1) is 21.3 Å². The fourth-order valence-electron chi connectivity index (χ4n) is 2.14. The molecule has 2 aromatic rings. The highest BCUT2D eigenvalue weighted by molar-refractivity contribution is 9.10. The van der Waals surface area contributed by atoms with Gasteiger partial charge in [-0.25, -0.2) is 4.39 Å². The van der Waals surface area contributed by atoms with Gasteiger partial charge < -0.3 is 19.5 Å². The molecule has 132 valence electrons. The van der Waals surface area contributed by atoms with Crippen molar-refractivity contribution in [1.29, 1.82) is 0 Å². The van der Waals surface area contributed by atoms with Crippen LogP contribution in [-0.2, 0) is 4.79 Å². The number of nitrogens with one attached hydrogen (secondary N) is 1. The molecular formula is C18H17BrFNO4. The molecule has 2 rings (SSSR count). The molecule has 7 heteroatoms. The first kappa shape index (κ1) is 18.8. The van der Waals surface area contributed by atoms with Crippen molar-refractivity contribution in [3.8, 4) is 17.2 Å². The Kier molecular flexibility index (Phi) is 6.41. The monoisotopic (exact) mass is 409 g/mol. The van der Waals surface area contributed by atoms with Crippen molar-refractivity contribution in [1.82, 2.24) is 0 Å². The van der Waals surface area contributed by atoms with Crippen molar-refractivity contribution in [2.24, 2.45) is 0 Å². The van der Waals surface area contributed by atoms with E-state index in [0.29, 0.717) is 28.5 Å². The van der Waals surface area contributed by atoms with Crippen molar-refractivity contribution in [2.45, 2.75) is 0 Å². The van der Waals surface area contributed by atoms with Gasteiger partial charge in [-0.05, 0) is 24.3 Å². The van der Waals surface area contributed by atoms with Gasteiger partial charge in [-0.1, -0.05) is 15.9 Å². The van der Waals surface area contributed by atoms with Crippen molar-refractivity contribution in [3.63, 3.8) is 0 Å². The summed E-state index contributed by atoms with van der Waals surface area (Å²) in [5.41, 5.74) is 0.758. The van der Waals surface area contributed by atoms with E-state index in [1.54, 1.807) is 24.3 Å². The molecule has 0 unspecified atom stereocenters. The minimum absolute atomic E-state index is 0.300. The van der Waals surface area contributed by atoms with Gasteiger partial charge in [-0.2, -0.15) is 0 Å². The highest BCUT2D eigenvalue weighted by Gasteiger charge is 2.14. The Bertz CT molecular complexity index is 783. The minimum Gasteiger partial charge on any atom is -0.493 e. The number of amides is 1. The molecule has 0 aliphatic rings. The molecule has 5 nitrogen and oxygen atoms in total. The van der Waals surface area contributed by atoms with Crippen LogP contribution in [0.5, 0.6) is 17.2 Å². The zero-order valence-electron chi connectivity index (χ0n) is 13.9. The van der Waals surface area contributed by atoms with Crippen LogP contribution in [0.1, 0.15) is 5.56 Å². The molecular weight excluding hydrogens is 393 g/mol. The second kappa shape index (κ2) is 8.53. The standard InChI is InChI=1S/C18H17BrFNO4/c1-23-15-9-13(10-16(24-2)18(15)25-3)21-17(22)7-4-11-8-12(19)5-6-14(11)20/h4-10H,1-3H3,(H,21,22)/b7-4+. The lowest BCUT2D eigenvalue weighted by molar-refractivity contribution is -0.111. The third kappa shape index (κ3) is 4.73.